The fourth-order valence-electron chi connectivity index (χ4n) is 0.423. The molecule has 11 heavy (non-hydrogen) atoms. The Balaban J connectivity index is 3.37. The summed E-state index contributed by atoms with van der Waals surface area (Å²) in [5, 5.41) is 7.41. The van der Waals surface area contributed by atoms with E-state index in [1.54, 1.807) is 0 Å². The first-order valence-electron chi connectivity index (χ1n) is 2.84. The molecular formula is C4H10N2O3SSe. The Bertz CT molecular complexity index is 225. The van der Waals surface area contributed by atoms with Crippen molar-refractivity contribution in [1.82, 2.24) is 0 Å². The van der Waals surface area contributed by atoms with Gasteiger partial charge in [0.05, 0.1) is 0 Å². The van der Waals surface area contributed by atoms with E-state index < -0.39 is 10.1 Å². The summed E-state index contributed by atoms with van der Waals surface area (Å²) in [5.41, 5.74) is 5.04. The van der Waals surface area contributed by atoms with Crippen molar-refractivity contribution in [2.75, 3.05) is 5.75 Å². The van der Waals surface area contributed by atoms with Crippen molar-refractivity contribution < 1.29 is 13.0 Å². The van der Waals surface area contributed by atoms with Crippen molar-refractivity contribution in [2.24, 2.45) is 5.73 Å². The predicted octanol–water partition coefficient (Wildman–Crippen LogP) is -0.720. The van der Waals surface area contributed by atoms with E-state index in [9.17, 15) is 8.42 Å². The third-order valence-corrected chi connectivity index (χ3v) is 3.30. The molecule has 0 fully saturated rings. The van der Waals surface area contributed by atoms with Crippen LogP contribution < -0.4 is 5.73 Å². The SMILES string of the molecule is N=C(N)[Se]CCCS(=O)(=O)O. The van der Waals surface area contributed by atoms with Crippen LogP contribution in [0.3, 0.4) is 0 Å². The van der Waals surface area contributed by atoms with E-state index >= 15 is 0 Å². The molecule has 0 aliphatic heterocycles. The molecule has 5 nitrogen and oxygen atoms in total. The molecule has 0 saturated carbocycles. The van der Waals surface area contributed by atoms with Gasteiger partial charge in [-0.3, -0.25) is 0 Å². The zero-order valence-corrected chi connectivity index (χ0v) is 8.31. The summed E-state index contributed by atoms with van der Waals surface area (Å²) in [6, 6.07) is 0. The molecule has 66 valence electrons. The van der Waals surface area contributed by atoms with Gasteiger partial charge in [0, 0.05) is 0 Å². The number of rotatable bonds is 5. The molecule has 0 radical (unpaired) electrons. The summed E-state index contributed by atoms with van der Waals surface area (Å²) in [6.45, 7) is 0. The first kappa shape index (κ1) is 10.9. The van der Waals surface area contributed by atoms with Gasteiger partial charge in [0.25, 0.3) is 0 Å². The molecule has 0 heterocycles. The Kier molecular flexibility index (Phi) is 4.67. The Morgan fingerprint density at radius 1 is 1.64 bits per heavy atom. The van der Waals surface area contributed by atoms with E-state index in [1.165, 1.54) is 0 Å². The van der Waals surface area contributed by atoms with Crippen LogP contribution in [-0.2, 0) is 10.1 Å². The summed E-state index contributed by atoms with van der Waals surface area (Å²) in [7, 11) is -3.82. The Hall–Kier alpha value is -0.101. The molecule has 0 aromatic carbocycles. The van der Waals surface area contributed by atoms with Gasteiger partial charge in [-0.15, -0.1) is 0 Å². The third-order valence-electron chi connectivity index (χ3n) is 0.804. The maximum absolute atomic E-state index is 10.2. The molecule has 0 aromatic heterocycles. The number of hydrogen-bond donors (Lipinski definition) is 3. The van der Waals surface area contributed by atoms with Crippen LogP contribution in [0.1, 0.15) is 6.42 Å². The molecule has 0 spiro atoms. The molecule has 4 N–H and O–H groups in total. The third kappa shape index (κ3) is 9.90. The van der Waals surface area contributed by atoms with Gasteiger partial charge in [0.2, 0.25) is 0 Å². The van der Waals surface area contributed by atoms with Gasteiger partial charge in [-0.25, -0.2) is 0 Å². The van der Waals surface area contributed by atoms with Gasteiger partial charge in [0.15, 0.2) is 0 Å². The van der Waals surface area contributed by atoms with E-state index in [-0.39, 0.29) is 25.4 Å². The van der Waals surface area contributed by atoms with Gasteiger partial charge in [-0.05, 0) is 0 Å². The van der Waals surface area contributed by atoms with Gasteiger partial charge in [0.1, 0.15) is 0 Å². The topological polar surface area (TPSA) is 104 Å². The van der Waals surface area contributed by atoms with Crippen molar-refractivity contribution in [3.8, 4) is 0 Å². The van der Waals surface area contributed by atoms with Crippen molar-refractivity contribution >= 4 is 29.8 Å². The molecule has 0 atom stereocenters. The molecule has 0 unspecified atom stereocenters. The maximum atomic E-state index is 10.2. The van der Waals surface area contributed by atoms with E-state index in [0.717, 1.165) is 0 Å². The summed E-state index contributed by atoms with van der Waals surface area (Å²) >= 11 is -0.120. The second kappa shape index (κ2) is 4.71. The van der Waals surface area contributed by atoms with E-state index in [2.05, 4.69) is 0 Å². The Morgan fingerprint density at radius 3 is 2.55 bits per heavy atom. The standard InChI is InChI=1S/C4H10N2O3SSe/c5-4(6)11-3-1-2-10(7,8)9/h1-3H2,(H3,5,6)(H,7,8,9). The van der Waals surface area contributed by atoms with Crippen LogP contribution in [0.2, 0.25) is 5.32 Å². The fraction of sp³-hybridized carbons (Fsp3) is 0.750. The van der Waals surface area contributed by atoms with Crippen LogP contribution in [0.25, 0.3) is 0 Å². The van der Waals surface area contributed by atoms with Crippen molar-refractivity contribution in [3.63, 3.8) is 0 Å². The second-order valence-electron chi connectivity index (χ2n) is 1.85. The normalized spacial score (nSPS) is 11.4. The van der Waals surface area contributed by atoms with Crippen molar-refractivity contribution in [2.45, 2.75) is 11.7 Å². The zero-order valence-electron chi connectivity index (χ0n) is 5.78. The minimum absolute atomic E-state index is 0.104. The summed E-state index contributed by atoms with van der Waals surface area (Å²) < 4.78 is 28.7. The van der Waals surface area contributed by atoms with Gasteiger partial charge >= 0.3 is 71.4 Å². The van der Waals surface area contributed by atoms with E-state index in [1.807, 2.05) is 0 Å². The molecule has 0 aliphatic rings. The van der Waals surface area contributed by atoms with Crippen molar-refractivity contribution in [3.05, 3.63) is 0 Å². The molecule has 0 saturated heterocycles. The minimum atomic E-state index is -3.82. The Labute approximate surface area is 71.8 Å². The van der Waals surface area contributed by atoms with Crippen LogP contribution in [-0.4, -0.2) is 38.4 Å². The number of nitrogens with one attached hydrogen (secondary N) is 1. The molecule has 0 rings (SSSR count). The summed E-state index contributed by atoms with van der Waals surface area (Å²) in [4.78, 5) is 0. The fourth-order valence-corrected chi connectivity index (χ4v) is 2.41. The Morgan fingerprint density at radius 2 is 2.18 bits per heavy atom. The van der Waals surface area contributed by atoms with E-state index in [4.69, 9.17) is 15.7 Å². The average molecular weight is 245 g/mol. The van der Waals surface area contributed by atoms with E-state index in [0.29, 0.717) is 11.7 Å². The van der Waals surface area contributed by atoms with Crippen LogP contribution >= 0.6 is 0 Å². The van der Waals surface area contributed by atoms with Crippen LogP contribution in [0, 0.1) is 5.41 Å². The summed E-state index contributed by atoms with van der Waals surface area (Å²) in [5.74, 6) is -0.234. The molecule has 0 amide bonds. The van der Waals surface area contributed by atoms with Crippen LogP contribution in [0.4, 0.5) is 0 Å². The van der Waals surface area contributed by atoms with Crippen LogP contribution in [0.5, 0.6) is 0 Å². The monoisotopic (exact) mass is 246 g/mol. The quantitative estimate of drug-likeness (QED) is 0.195. The van der Waals surface area contributed by atoms with Gasteiger partial charge < -0.3 is 0 Å². The number of hydrogen-bond acceptors (Lipinski definition) is 3. The average Bonchev–Trinajstić information content (AvgIpc) is 1.78. The molecule has 7 heteroatoms. The summed E-state index contributed by atoms with van der Waals surface area (Å²) in [6.07, 6.45) is 0.373. The van der Waals surface area contributed by atoms with Crippen LogP contribution in [0.15, 0.2) is 0 Å². The zero-order chi connectivity index (χ0) is 8.91. The molecular weight excluding hydrogens is 235 g/mol. The molecule has 0 aliphatic carbocycles. The van der Waals surface area contributed by atoms with Gasteiger partial charge in [-0.1, -0.05) is 0 Å². The first-order chi connectivity index (χ1) is 4.92. The number of nitrogens with two attached hydrogens (primary N) is 1. The number of amidine groups is 1. The predicted molar refractivity (Wildman–Crippen MR) is 43.5 cm³/mol. The van der Waals surface area contributed by atoms with Crippen molar-refractivity contribution in [1.29, 1.82) is 5.41 Å². The van der Waals surface area contributed by atoms with Gasteiger partial charge in [-0.2, -0.15) is 0 Å². The molecule has 0 bridgehead atoms. The second-order valence-corrected chi connectivity index (χ2v) is 5.81. The first-order valence-corrected chi connectivity index (χ1v) is 6.51. The molecule has 0 aromatic rings.